The number of hydrogen-bond acceptors (Lipinski definition) is 4. The van der Waals surface area contributed by atoms with Gasteiger partial charge >= 0.3 is 0 Å². The van der Waals surface area contributed by atoms with Crippen molar-refractivity contribution < 1.29 is 5.11 Å². The Bertz CT molecular complexity index is 612. The predicted molar refractivity (Wildman–Crippen MR) is 79.7 cm³/mol. The van der Waals surface area contributed by atoms with Crippen LogP contribution < -0.4 is 5.32 Å². The van der Waals surface area contributed by atoms with Gasteiger partial charge < -0.3 is 10.4 Å². The maximum atomic E-state index is 9.68. The fraction of sp³-hybridized carbons (Fsp3) is 0.375. The van der Waals surface area contributed by atoms with Crippen molar-refractivity contribution in [2.75, 3.05) is 11.9 Å². The van der Waals surface area contributed by atoms with Crippen molar-refractivity contribution in [1.82, 2.24) is 9.97 Å². The van der Waals surface area contributed by atoms with Crippen LogP contribution in [0.2, 0.25) is 0 Å². The number of rotatable bonds is 4. The highest BCUT2D eigenvalue weighted by Gasteiger charge is 2.20. The lowest BCUT2D eigenvalue weighted by Crippen LogP contribution is -2.20. The van der Waals surface area contributed by atoms with Gasteiger partial charge in [-0.15, -0.1) is 0 Å². The fourth-order valence-electron chi connectivity index (χ4n) is 2.62. The average Bonchev–Trinajstić information content (AvgIpc) is 2.52. The molecule has 0 radical (unpaired) electrons. The summed E-state index contributed by atoms with van der Waals surface area (Å²) in [4.78, 5) is 8.79. The van der Waals surface area contributed by atoms with E-state index in [2.05, 4.69) is 33.5 Å². The first-order chi connectivity index (χ1) is 9.79. The topological polar surface area (TPSA) is 58.0 Å². The zero-order valence-electron chi connectivity index (χ0n) is 11.6. The SMILES string of the molecule is CCC(O)CNc1ncnc2c1CCc1ccccc1-2. The van der Waals surface area contributed by atoms with Crippen molar-refractivity contribution in [3.63, 3.8) is 0 Å². The van der Waals surface area contributed by atoms with Crippen LogP contribution in [0.1, 0.15) is 24.5 Å². The summed E-state index contributed by atoms with van der Waals surface area (Å²) in [6.45, 7) is 2.50. The molecule has 1 aliphatic carbocycles. The molecule has 0 aliphatic heterocycles. The Hall–Kier alpha value is -1.94. The van der Waals surface area contributed by atoms with Crippen molar-refractivity contribution in [1.29, 1.82) is 0 Å². The zero-order valence-corrected chi connectivity index (χ0v) is 11.6. The van der Waals surface area contributed by atoms with E-state index in [1.54, 1.807) is 6.33 Å². The second-order valence-corrected chi connectivity index (χ2v) is 5.15. The molecule has 3 rings (SSSR count). The molecule has 2 aromatic rings. The first-order valence-corrected chi connectivity index (χ1v) is 7.13. The lowest BCUT2D eigenvalue weighted by molar-refractivity contribution is 0.183. The summed E-state index contributed by atoms with van der Waals surface area (Å²) < 4.78 is 0. The smallest absolute Gasteiger partial charge is 0.133 e. The lowest BCUT2D eigenvalue weighted by atomic mass is 9.89. The molecule has 0 fully saturated rings. The Kier molecular flexibility index (Phi) is 3.65. The largest absolute Gasteiger partial charge is 0.391 e. The van der Waals surface area contributed by atoms with Gasteiger partial charge in [-0.2, -0.15) is 0 Å². The van der Waals surface area contributed by atoms with Crippen molar-refractivity contribution in [3.05, 3.63) is 41.7 Å². The van der Waals surface area contributed by atoms with Crippen molar-refractivity contribution in [2.24, 2.45) is 0 Å². The van der Waals surface area contributed by atoms with E-state index in [1.165, 1.54) is 11.1 Å². The van der Waals surface area contributed by atoms with E-state index < -0.39 is 0 Å². The van der Waals surface area contributed by atoms with Crippen LogP contribution in [-0.2, 0) is 12.8 Å². The van der Waals surface area contributed by atoms with Gasteiger partial charge in [-0.3, -0.25) is 0 Å². The summed E-state index contributed by atoms with van der Waals surface area (Å²) in [5.74, 6) is 0.858. The first kappa shape index (κ1) is 13.1. The van der Waals surface area contributed by atoms with Gasteiger partial charge in [-0.1, -0.05) is 31.2 Å². The summed E-state index contributed by atoms with van der Waals surface area (Å²) in [5.41, 5.74) is 4.73. The Morgan fingerprint density at radius 3 is 2.95 bits per heavy atom. The highest BCUT2D eigenvalue weighted by molar-refractivity contribution is 5.73. The van der Waals surface area contributed by atoms with Crippen LogP contribution in [-0.4, -0.2) is 27.7 Å². The van der Waals surface area contributed by atoms with Gasteiger partial charge in [0.25, 0.3) is 0 Å². The number of benzene rings is 1. The molecule has 1 atom stereocenters. The molecule has 2 N–H and O–H groups in total. The number of nitrogens with zero attached hydrogens (tertiary/aromatic N) is 2. The molecule has 1 aromatic carbocycles. The second kappa shape index (κ2) is 5.59. The third-order valence-corrected chi connectivity index (χ3v) is 3.84. The Labute approximate surface area is 118 Å². The monoisotopic (exact) mass is 269 g/mol. The molecule has 104 valence electrons. The number of aromatic nitrogens is 2. The number of aliphatic hydroxyl groups excluding tert-OH is 1. The molecule has 0 saturated heterocycles. The predicted octanol–water partition coefficient (Wildman–Crippen LogP) is 2.43. The Balaban J connectivity index is 1.93. The number of aliphatic hydroxyl groups is 1. The molecule has 0 bridgehead atoms. The molecule has 4 nitrogen and oxygen atoms in total. The Morgan fingerprint density at radius 1 is 1.25 bits per heavy atom. The summed E-state index contributed by atoms with van der Waals surface area (Å²) in [6.07, 6.45) is 3.96. The van der Waals surface area contributed by atoms with Gasteiger partial charge in [0.05, 0.1) is 11.8 Å². The fourth-order valence-corrected chi connectivity index (χ4v) is 2.62. The molecule has 0 spiro atoms. The van der Waals surface area contributed by atoms with Crippen LogP contribution in [0.4, 0.5) is 5.82 Å². The Morgan fingerprint density at radius 2 is 2.10 bits per heavy atom. The van der Waals surface area contributed by atoms with Gasteiger partial charge in [0.1, 0.15) is 12.1 Å². The number of anilines is 1. The highest BCUT2D eigenvalue weighted by atomic mass is 16.3. The molecule has 1 aromatic heterocycles. The number of nitrogens with one attached hydrogen (secondary N) is 1. The molecule has 4 heteroatoms. The minimum absolute atomic E-state index is 0.337. The molecular weight excluding hydrogens is 250 g/mol. The molecule has 0 amide bonds. The average molecular weight is 269 g/mol. The van der Waals surface area contributed by atoms with Crippen LogP contribution in [0.5, 0.6) is 0 Å². The van der Waals surface area contributed by atoms with E-state index >= 15 is 0 Å². The van der Waals surface area contributed by atoms with Crippen molar-refractivity contribution in [2.45, 2.75) is 32.3 Å². The number of fused-ring (bicyclic) bond motifs is 3. The quantitative estimate of drug-likeness (QED) is 0.895. The molecule has 1 unspecified atom stereocenters. The van der Waals surface area contributed by atoms with Gasteiger partial charge in [0, 0.05) is 17.7 Å². The van der Waals surface area contributed by atoms with Crippen LogP contribution in [0.15, 0.2) is 30.6 Å². The maximum absolute atomic E-state index is 9.68. The summed E-state index contributed by atoms with van der Waals surface area (Å²) in [6, 6.07) is 8.39. The highest BCUT2D eigenvalue weighted by Crippen LogP contribution is 2.34. The van der Waals surface area contributed by atoms with E-state index in [4.69, 9.17) is 0 Å². The van der Waals surface area contributed by atoms with Crippen molar-refractivity contribution >= 4 is 5.82 Å². The third-order valence-electron chi connectivity index (χ3n) is 3.84. The van der Waals surface area contributed by atoms with Crippen LogP contribution >= 0.6 is 0 Å². The standard InChI is InChI=1S/C16H19N3O/c1-2-12(20)9-17-16-14-8-7-11-5-3-4-6-13(11)15(14)18-10-19-16/h3-6,10,12,20H,2,7-9H2,1H3,(H,17,18,19). The van der Waals surface area contributed by atoms with E-state index in [9.17, 15) is 5.11 Å². The van der Waals surface area contributed by atoms with Gasteiger partial charge in [0.2, 0.25) is 0 Å². The van der Waals surface area contributed by atoms with E-state index in [0.717, 1.165) is 36.3 Å². The van der Waals surface area contributed by atoms with Crippen molar-refractivity contribution in [3.8, 4) is 11.3 Å². The van der Waals surface area contributed by atoms with Gasteiger partial charge in [-0.05, 0) is 24.8 Å². The molecule has 1 aliphatic rings. The minimum atomic E-state index is -0.337. The lowest BCUT2D eigenvalue weighted by Gasteiger charge is -2.21. The number of aryl methyl sites for hydroxylation is 1. The number of hydrogen-bond donors (Lipinski definition) is 2. The third kappa shape index (κ3) is 2.39. The molecule has 20 heavy (non-hydrogen) atoms. The second-order valence-electron chi connectivity index (χ2n) is 5.15. The summed E-state index contributed by atoms with van der Waals surface area (Å²) in [5, 5.41) is 12.9. The van der Waals surface area contributed by atoms with E-state index in [-0.39, 0.29) is 6.10 Å². The summed E-state index contributed by atoms with van der Waals surface area (Å²) >= 11 is 0. The van der Waals surface area contributed by atoms with E-state index in [1.807, 2.05) is 13.0 Å². The van der Waals surface area contributed by atoms with Crippen LogP contribution in [0, 0.1) is 0 Å². The molecular formula is C16H19N3O. The van der Waals surface area contributed by atoms with Crippen LogP contribution in [0.25, 0.3) is 11.3 Å². The van der Waals surface area contributed by atoms with Gasteiger partial charge in [-0.25, -0.2) is 9.97 Å². The zero-order chi connectivity index (χ0) is 13.9. The van der Waals surface area contributed by atoms with E-state index in [0.29, 0.717) is 6.54 Å². The first-order valence-electron chi connectivity index (χ1n) is 7.13. The molecule has 1 heterocycles. The normalized spacial score (nSPS) is 14.3. The molecule has 0 saturated carbocycles. The van der Waals surface area contributed by atoms with Gasteiger partial charge in [0.15, 0.2) is 0 Å². The minimum Gasteiger partial charge on any atom is -0.391 e. The maximum Gasteiger partial charge on any atom is 0.133 e. The van der Waals surface area contributed by atoms with Crippen LogP contribution in [0.3, 0.4) is 0 Å². The summed E-state index contributed by atoms with van der Waals surface area (Å²) in [7, 11) is 0.